The standard InChI is InChI=1S/C10H10N2O/c1-2-8-6-11-10(12-7-8)9-4-3-5-13-9/h3-7H,2H2,1H3. The second kappa shape index (κ2) is 3.39. The van der Waals surface area contributed by atoms with Crippen molar-refractivity contribution in [1.82, 2.24) is 9.97 Å². The summed E-state index contributed by atoms with van der Waals surface area (Å²) >= 11 is 0. The molecule has 13 heavy (non-hydrogen) atoms. The second-order valence-corrected chi connectivity index (χ2v) is 2.75. The van der Waals surface area contributed by atoms with Crippen LogP contribution in [0.5, 0.6) is 0 Å². The molecule has 0 unspecified atom stereocenters. The SMILES string of the molecule is CCc1cnc(-c2ccco2)nc1. The van der Waals surface area contributed by atoms with Gasteiger partial charge in [0.1, 0.15) is 0 Å². The van der Waals surface area contributed by atoms with Crippen LogP contribution in [-0.4, -0.2) is 9.97 Å². The van der Waals surface area contributed by atoms with Gasteiger partial charge >= 0.3 is 0 Å². The Balaban J connectivity index is 2.33. The smallest absolute Gasteiger partial charge is 0.195 e. The molecule has 0 amide bonds. The van der Waals surface area contributed by atoms with Crippen LogP contribution in [0.3, 0.4) is 0 Å². The van der Waals surface area contributed by atoms with E-state index in [9.17, 15) is 0 Å². The number of hydrogen-bond donors (Lipinski definition) is 0. The van der Waals surface area contributed by atoms with Crippen molar-refractivity contribution in [3.8, 4) is 11.6 Å². The number of hydrogen-bond acceptors (Lipinski definition) is 3. The zero-order valence-corrected chi connectivity index (χ0v) is 7.40. The minimum atomic E-state index is 0.641. The van der Waals surface area contributed by atoms with Gasteiger partial charge in [0, 0.05) is 12.4 Å². The van der Waals surface area contributed by atoms with Gasteiger partial charge in [0.05, 0.1) is 6.26 Å². The molecule has 0 aliphatic heterocycles. The maximum Gasteiger partial charge on any atom is 0.195 e. The van der Waals surface area contributed by atoms with Crippen molar-refractivity contribution in [2.45, 2.75) is 13.3 Å². The Morgan fingerprint density at radius 1 is 1.31 bits per heavy atom. The normalized spacial score (nSPS) is 10.2. The quantitative estimate of drug-likeness (QED) is 0.701. The molecule has 0 spiro atoms. The van der Waals surface area contributed by atoms with Crippen molar-refractivity contribution in [2.24, 2.45) is 0 Å². The molecule has 0 fully saturated rings. The van der Waals surface area contributed by atoms with Crippen molar-refractivity contribution < 1.29 is 4.42 Å². The van der Waals surface area contributed by atoms with Gasteiger partial charge in [0.25, 0.3) is 0 Å². The van der Waals surface area contributed by atoms with Crippen LogP contribution in [0.25, 0.3) is 11.6 Å². The minimum Gasteiger partial charge on any atom is -0.461 e. The van der Waals surface area contributed by atoms with E-state index in [1.807, 2.05) is 24.5 Å². The molecule has 0 saturated heterocycles. The first-order valence-corrected chi connectivity index (χ1v) is 4.25. The molecule has 2 heterocycles. The van der Waals surface area contributed by atoms with Crippen molar-refractivity contribution >= 4 is 0 Å². The Hall–Kier alpha value is -1.64. The molecule has 0 aromatic carbocycles. The summed E-state index contributed by atoms with van der Waals surface area (Å²) in [6.07, 6.45) is 6.22. The van der Waals surface area contributed by atoms with E-state index in [4.69, 9.17) is 4.42 Å². The molecule has 0 N–H and O–H groups in total. The number of aromatic nitrogens is 2. The van der Waals surface area contributed by atoms with Gasteiger partial charge in [-0.05, 0) is 24.1 Å². The Bertz CT molecular complexity index is 364. The van der Waals surface area contributed by atoms with Crippen LogP contribution in [0.1, 0.15) is 12.5 Å². The van der Waals surface area contributed by atoms with Crippen LogP contribution in [0.15, 0.2) is 35.2 Å². The number of rotatable bonds is 2. The Morgan fingerprint density at radius 2 is 2.08 bits per heavy atom. The van der Waals surface area contributed by atoms with Gasteiger partial charge in [-0.2, -0.15) is 0 Å². The van der Waals surface area contributed by atoms with Crippen molar-refractivity contribution in [3.05, 3.63) is 36.4 Å². The minimum absolute atomic E-state index is 0.641. The first-order chi connectivity index (χ1) is 6.40. The molecular formula is C10H10N2O. The zero-order valence-electron chi connectivity index (χ0n) is 7.40. The second-order valence-electron chi connectivity index (χ2n) is 2.75. The number of nitrogens with zero attached hydrogens (tertiary/aromatic N) is 2. The van der Waals surface area contributed by atoms with E-state index < -0.39 is 0 Å². The van der Waals surface area contributed by atoms with Crippen LogP contribution in [0.4, 0.5) is 0 Å². The maximum atomic E-state index is 5.17. The Kier molecular flexibility index (Phi) is 2.08. The Morgan fingerprint density at radius 3 is 2.62 bits per heavy atom. The lowest BCUT2D eigenvalue weighted by Crippen LogP contribution is -1.89. The summed E-state index contributed by atoms with van der Waals surface area (Å²) in [5.41, 5.74) is 1.13. The third-order valence-electron chi connectivity index (χ3n) is 1.86. The highest BCUT2D eigenvalue weighted by molar-refractivity contribution is 5.45. The van der Waals surface area contributed by atoms with E-state index in [-0.39, 0.29) is 0 Å². The third-order valence-corrected chi connectivity index (χ3v) is 1.86. The zero-order chi connectivity index (χ0) is 9.10. The lowest BCUT2D eigenvalue weighted by atomic mass is 10.3. The van der Waals surface area contributed by atoms with Gasteiger partial charge in [-0.1, -0.05) is 6.92 Å². The molecule has 0 saturated carbocycles. The molecule has 0 bridgehead atoms. The third kappa shape index (κ3) is 1.59. The number of furan rings is 1. The first kappa shape index (κ1) is 7.98. The van der Waals surface area contributed by atoms with E-state index in [1.54, 1.807) is 6.26 Å². The molecule has 2 aromatic rings. The topological polar surface area (TPSA) is 38.9 Å². The molecule has 2 rings (SSSR count). The van der Waals surface area contributed by atoms with Crippen LogP contribution < -0.4 is 0 Å². The van der Waals surface area contributed by atoms with Crippen molar-refractivity contribution in [1.29, 1.82) is 0 Å². The summed E-state index contributed by atoms with van der Waals surface area (Å²) in [7, 11) is 0. The summed E-state index contributed by atoms with van der Waals surface area (Å²) in [6, 6.07) is 3.67. The lowest BCUT2D eigenvalue weighted by Gasteiger charge is -1.96. The molecule has 0 aliphatic carbocycles. The Labute approximate surface area is 76.5 Å². The summed E-state index contributed by atoms with van der Waals surface area (Å²) in [5.74, 6) is 1.35. The molecule has 2 aromatic heterocycles. The van der Waals surface area contributed by atoms with Crippen LogP contribution in [0, 0.1) is 0 Å². The molecule has 0 radical (unpaired) electrons. The van der Waals surface area contributed by atoms with Gasteiger partial charge in [0.2, 0.25) is 0 Å². The molecule has 3 nitrogen and oxygen atoms in total. The fraction of sp³-hybridized carbons (Fsp3) is 0.200. The molecular weight excluding hydrogens is 164 g/mol. The molecule has 66 valence electrons. The molecule has 0 aliphatic rings. The predicted octanol–water partition coefficient (Wildman–Crippen LogP) is 2.30. The van der Waals surface area contributed by atoms with Gasteiger partial charge in [-0.25, -0.2) is 9.97 Å². The van der Waals surface area contributed by atoms with E-state index in [0.717, 1.165) is 12.0 Å². The van der Waals surface area contributed by atoms with E-state index >= 15 is 0 Å². The predicted molar refractivity (Wildman–Crippen MR) is 49.1 cm³/mol. The largest absolute Gasteiger partial charge is 0.461 e. The molecule has 0 atom stereocenters. The monoisotopic (exact) mass is 174 g/mol. The van der Waals surface area contributed by atoms with Crippen molar-refractivity contribution in [3.63, 3.8) is 0 Å². The van der Waals surface area contributed by atoms with Gasteiger partial charge in [0.15, 0.2) is 11.6 Å². The first-order valence-electron chi connectivity index (χ1n) is 4.25. The summed E-state index contributed by atoms with van der Waals surface area (Å²) in [4.78, 5) is 8.37. The van der Waals surface area contributed by atoms with Crippen molar-refractivity contribution in [2.75, 3.05) is 0 Å². The van der Waals surface area contributed by atoms with Crippen LogP contribution in [-0.2, 0) is 6.42 Å². The lowest BCUT2D eigenvalue weighted by molar-refractivity contribution is 0.577. The highest BCUT2D eigenvalue weighted by atomic mass is 16.3. The average Bonchev–Trinajstić information content (AvgIpc) is 2.71. The van der Waals surface area contributed by atoms with Gasteiger partial charge < -0.3 is 4.42 Å². The van der Waals surface area contributed by atoms with E-state index in [1.165, 1.54) is 0 Å². The highest BCUT2D eigenvalue weighted by Gasteiger charge is 2.02. The average molecular weight is 174 g/mol. The highest BCUT2D eigenvalue weighted by Crippen LogP contribution is 2.13. The van der Waals surface area contributed by atoms with Gasteiger partial charge in [-0.15, -0.1) is 0 Å². The summed E-state index contributed by atoms with van der Waals surface area (Å²) in [6.45, 7) is 2.07. The van der Waals surface area contributed by atoms with E-state index in [0.29, 0.717) is 11.6 Å². The van der Waals surface area contributed by atoms with Crippen LogP contribution in [0.2, 0.25) is 0 Å². The summed E-state index contributed by atoms with van der Waals surface area (Å²) in [5, 5.41) is 0. The fourth-order valence-corrected chi connectivity index (χ4v) is 1.07. The van der Waals surface area contributed by atoms with E-state index in [2.05, 4.69) is 16.9 Å². The van der Waals surface area contributed by atoms with Crippen LogP contribution >= 0.6 is 0 Å². The summed E-state index contributed by atoms with van der Waals surface area (Å²) < 4.78 is 5.17. The van der Waals surface area contributed by atoms with Gasteiger partial charge in [-0.3, -0.25) is 0 Å². The fourth-order valence-electron chi connectivity index (χ4n) is 1.07. The maximum absolute atomic E-state index is 5.17. The molecule has 3 heteroatoms. The number of aryl methyl sites for hydroxylation is 1.